The fourth-order valence-electron chi connectivity index (χ4n) is 3.93. The summed E-state index contributed by atoms with van der Waals surface area (Å²) in [4.78, 5) is 29.2. The molecule has 2 aliphatic heterocycles. The number of hydrogen-bond acceptors (Lipinski definition) is 6. The first kappa shape index (κ1) is 24.6. The topological polar surface area (TPSA) is 108 Å². The van der Waals surface area contributed by atoms with Gasteiger partial charge in [0.2, 0.25) is 5.91 Å². The average Bonchev–Trinajstić information content (AvgIpc) is 3.24. The quantitative estimate of drug-likeness (QED) is 0.515. The molecule has 0 saturated carbocycles. The zero-order valence-corrected chi connectivity index (χ0v) is 18.1. The number of halogens is 1. The zero-order valence-electron chi connectivity index (χ0n) is 17.2. The standard InChI is InChI=1S/C21H32N4O4.ClH/c22-17(15-16-5-2-1-3-6-16)19(26)21(28)25-9-4-7-18(25)20(27)23-8-10-24-11-13-29-14-12-24;/h1-3,5-6,17-19,26H,4,7-15,22H2,(H,23,27);1H/t17?,18-,19?;/m0./s1. The van der Waals surface area contributed by atoms with Gasteiger partial charge in [-0.2, -0.15) is 0 Å². The lowest BCUT2D eigenvalue weighted by Gasteiger charge is -2.29. The van der Waals surface area contributed by atoms with Gasteiger partial charge in [0, 0.05) is 38.8 Å². The smallest absolute Gasteiger partial charge is 0.253 e. The van der Waals surface area contributed by atoms with Crippen molar-refractivity contribution >= 4 is 24.2 Å². The van der Waals surface area contributed by atoms with Gasteiger partial charge < -0.3 is 25.8 Å². The summed E-state index contributed by atoms with van der Waals surface area (Å²) in [5.41, 5.74) is 7.05. The molecule has 2 fully saturated rings. The number of nitrogens with one attached hydrogen (secondary N) is 1. The van der Waals surface area contributed by atoms with Crippen molar-refractivity contribution in [2.45, 2.75) is 37.5 Å². The van der Waals surface area contributed by atoms with E-state index in [-0.39, 0.29) is 18.3 Å². The second kappa shape index (κ2) is 12.2. The van der Waals surface area contributed by atoms with E-state index in [2.05, 4.69) is 10.2 Å². The van der Waals surface area contributed by atoms with Gasteiger partial charge in [0.25, 0.3) is 5.91 Å². The highest BCUT2D eigenvalue weighted by Crippen LogP contribution is 2.19. The van der Waals surface area contributed by atoms with E-state index in [0.29, 0.717) is 25.9 Å². The number of nitrogens with zero attached hydrogens (tertiary/aromatic N) is 2. The number of hydrogen-bond donors (Lipinski definition) is 3. The Hall–Kier alpha value is -1.71. The van der Waals surface area contributed by atoms with Crippen LogP contribution in [0, 0.1) is 0 Å². The van der Waals surface area contributed by atoms with Gasteiger partial charge in [-0.1, -0.05) is 30.3 Å². The summed E-state index contributed by atoms with van der Waals surface area (Å²) >= 11 is 0. The van der Waals surface area contributed by atoms with E-state index < -0.39 is 24.1 Å². The summed E-state index contributed by atoms with van der Waals surface area (Å²) < 4.78 is 5.32. The minimum Gasteiger partial charge on any atom is -0.382 e. The van der Waals surface area contributed by atoms with Crippen LogP contribution in [0.5, 0.6) is 0 Å². The van der Waals surface area contributed by atoms with Gasteiger partial charge in [0.15, 0.2) is 0 Å². The van der Waals surface area contributed by atoms with Gasteiger partial charge in [-0.25, -0.2) is 0 Å². The number of morpholine rings is 1. The van der Waals surface area contributed by atoms with Crippen molar-refractivity contribution in [2.75, 3.05) is 45.9 Å². The van der Waals surface area contributed by atoms with Crippen molar-refractivity contribution < 1.29 is 19.4 Å². The number of aliphatic hydroxyl groups excluding tert-OH is 1. The van der Waals surface area contributed by atoms with E-state index >= 15 is 0 Å². The van der Waals surface area contributed by atoms with Crippen molar-refractivity contribution in [1.29, 1.82) is 0 Å². The number of carbonyl (C=O) groups is 2. The van der Waals surface area contributed by atoms with E-state index in [1.807, 2.05) is 30.3 Å². The molecule has 0 aromatic heterocycles. The minimum absolute atomic E-state index is 0. The Bertz CT molecular complexity index is 672. The molecule has 1 aromatic carbocycles. The number of rotatable bonds is 8. The predicted octanol–water partition coefficient (Wildman–Crippen LogP) is -0.221. The Balaban J connectivity index is 0.00000320. The van der Waals surface area contributed by atoms with Gasteiger partial charge >= 0.3 is 0 Å². The summed E-state index contributed by atoms with van der Waals surface area (Å²) in [5.74, 6) is -0.618. The molecule has 3 atom stereocenters. The summed E-state index contributed by atoms with van der Waals surface area (Å²) in [5, 5.41) is 13.4. The average molecular weight is 441 g/mol. The first-order valence-electron chi connectivity index (χ1n) is 10.4. The molecular formula is C21H33ClN4O4. The van der Waals surface area contributed by atoms with E-state index in [0.717, 1.165) is 44.8 Å². The number of ether oxygens (including phenoxy) is 1. The Kier molecular flexibility index (Phi) is 10.0. The first-order chi connectivity index (χ1) is 14.1. The molecule has 30 heavy (non-hydrogen) atoms. The lowest BCUT2D eigenvalue weighted by molar-refractivity contribution is -0.146. The molecular weight excluding hydrogens is 408 g/mol. The molecule has 4 N–H and O–H groups in total. The van der Waals surface area contributed by atoms with Crippen molar-refractivity contribution in [1.82, 2.24) is 15.1 Å². The third-order valence-electron chi connectivity index (χ3n) is 5.64. The molecule has 8 nitrogen and oxygen atoms in total. The second-order valence-electron chi connectivity index (χ2n) is 7.73. The maximum absolute atomic E-state index is 12.8. The van der Waals surface area contributed by atoms with E-state index in [1.54, 1.807) is 0 Å². The third kappa shape index (κ3) is 6.65. The van der Waals surface area contributed by atoms with Gasteiger partial charge in [0.05, 0.1) is 13.2 Å². The number of amides is 2. The Labute approximate surface area is 184 Å². The SMILES string of the molecule is Cl.NC(Cc1ccccc1)C(O)C(=O)N1CCC[C@H]1C(=O)NCCN1CCOCC1. The highest BCUT2D eigenvalue weighted by atomic mass is 35.5. The number of likely N-dealkylation sites (tertiary alicyclic amines) is 1. The largest absolute Gasteiger partial charge is 0.382 e. The van der Waals surface area contributed by atoms with Crippen LogP contribution >= 0.6 is 12.4 Å². The molecule has 0 bridgehead atoms. The van der Waals surface area contributed by atoms with Crippen LogP contribution in [-0.2, 0) is 20.7 Å². The van der Waals surface area contributed by atoms with Crippen molar-refractivity contribution in [3.8, 4) is 0 Å². The third-order valence-corrected chi connectivity index (χ3v) is 5.64. The van der Waals surface area contributed by atoms with Crippen LogP contribution in [0.3, 0.4) is 0 Å². The maximum Gasteiger partial charge on any atom is 0.253 e. The summed E-state index contributed by atoms with van der Waals surface area (Å²) in [6, 6.07) is 8.28. The van der Waals surface area contributed by atoms with E-state index in [9.17, 15) is 14.7 Å². The van der Waals surface area contributed by atoms with Crippen molar-refractivity contribution in [3.63, 3.8) is 0 Å². The van der Waals surface area contributed by atoms with Gasteiger partial charge in [0.1, 0.15) is 12.1 Å². The van der Waals surface area contributed by atoms with Crippen LogP contribution < -0.4 is 11.1 Å². The fourth-order valence-corrected chi connectivity index (χ4v) is 3.93. The molecule has 2 unspecified atom stereocenters. The lowest BCUT2D eigenvalue weighted by Crippen LogP contribution is -2.54. The van der Waals surface area contributed by atoms with E-state index in [4.69, 9.17) is 10.5 Å². The molecule has 0 spiro atoms. The number of carbonyl (C=O) groups excluding carboxylic acids is 2. The molecule has 0 radical (unpaired) electrons. The molecule has 3 rings (SSSR count). The summed E-state index contributed by atoms with van der Waals surface area (Å²) in [7, 11) is 0. The molecule has 2 amide bonds. The molecule has 1 aromatic rings. The monoisotopic (exact) mass is 440 g/mol. The number of nitrogens with two attached hydrogens (primary N) is 1. The Morgan fingerprint density at radius 1 is 1.20 bits per heavy atom. The Morgan fingerprint density at radius 3 is 2.60 bits per heavy atom. The summed E-state index contributed by atoms with van der Waals surface area (Å²) in [6.45, 7) is 4.95. The van der Waals surface area contributed by atoms with E-state index in [1.165, 1.54) is 4.90 Å². The van der Waals surface area contributed by atoms with Crippen LogP contribution in [0.2, 0.25) is 0 Å². The molecule has 2 aliphatic rings. The molecule has 0 aliphatic carbocycles. The van der Waals surface area contributed by atoms with Crippen LogP contribution in [0.25, 0.3) is 0 Å². The van der Waals surface area contributed by atoms with Crippen LogP contribution in [0.15, 0.2) is 30.3 Å². The van der Waals surface area contributed by atoms with Crippen molar-refractivity contribution in [2.24, 2.45) is 5.73 Å². The molecule has 2 heterocycles. The molecule has 2 saturated heterocycles. The van der Waals surface area contributed by atoms with Crippen molar-refractivity contribution in [3.05, 3.63) is 35.9 Å². The molecule has 168 valence electrons. The number of aliphatic hydroxyl groups is 1. The normalized spacial score (nSPS) is 21.5. The maximum atomic E-state index is 12.8. The zero-order chi connectivity index (χ0) is 20.6. The molecule has 9 heteroatoms. The van der Waals surface area contributed by atoms with Crippen LogP contribution in [0.1, 0.15) is 18.4 Å². The van der Waals surface area contributed by atoms with Crippen LogP contribution in [0.4, 0.5) is 0 Å². The second-order valence-corrected chi connectivity index (χ2v) is 7.73. The predicted molar refractivity (Wildman–Crippen MR) is 116 cm³/mol. The van der Waals surface area contributed by atoms with Gasteiger partial charge in [-0.15, -0.1) is 12.4 Å². The number of benzene rings is 1. The Morgan fingerprint density at radius 2 is 1.90 bits per heavy atom. The van der Waals surface area contributed by atoms with Gasteiger partial charge in [-0.05, 0) is 24.8 Å². The summed E-state index contributed by atoms with van der Waals surface area (Å²) in [6.07, 6.45) is 0.429. The fraction of sp³-hybridized carbons (Fsp3) is 0.619. The first-order valence-corrected chi connectivity index (χ1v) is 10.4. The lowest BCUT2D eigenvalue weighted by atomic mass is 10.0. The minimum atomic E-state index is -1.32. The highest BCUT2D eigenvalue weighted by molar-refractivity contribution is 5.90. The van der Waals surface area contributed by atoms with Gasteiger partial charge in [-0.3, -0.25) is 14.5 Å². The highest BCUT2D eigenvalue weighted by Gasteiger charge is 2.38. The van der Waals surface area contributed by atoms with Crippen LogP contribution in [-0.4, -0.2) is 90.8 Å².